The molecule has 0 amide bonds. The molecule has 11 heavy (non-hydrogen) atoms. The van der Waals surface area contributed by atoms with E-state index in [1.165, 1.54) is 6.42 Å². The van der Waals surface area contributed by atoms with Gasteiger partial charge in [-0.25, -0.2) is 0 Å². The van der Waals surface area contributed by atoms with E-state index >= 15 is 0 Å². The van der Waals surface area contributed by atoms with Gasteiger partial charge in [0.2, 0.25) is 0 Å². The Kier molecular flexibility index (Phi) is 3.76. The van der Waals surface area contributed by atoms with Crippen molar-refractivity contribution in [1.82, 2.24) is 3.82 Å². The summed E-state index contributed by atoms with van der Waals surface area (Å²) in [5.74, 6) is 0.730. The predicted molar refractivity (Wildman–Crippen MR) is 52.3 cm³/mol. The average Bonchev–Trinajstić information content (AvgIpc) is 1.93. The maximum atomic E-state index is 5.97. The van der Waals surface area contributed by atoms with Gasteiger partial charge in [0.1, 0.15) is 0 Å². The zero-order valence-electron chi connectivity index (χ0n) is 6.96. The van der Waals surface area contributed by atoms with Gasteiger partial charge >= 0.3 is 0 Å². The summed E-state index contributed by atoms with van der Waals surface area (Å²) in [5.41, 5.74) is 0. The highest BCUT2D eigenvalue weighted by Gasteiger charge is 2.19. The van der Waals surface area contributed by atoms with E-state index in [4.69, 9.17) is 11.8 Å². The van der Waals surface area contributed by atoms with Crippen LogP contribution in [0.15, 0.2) is 11.5 Å². The predicted octanol–water partition coefficient (Wildman–Crippen LogP) is 3.42. The molecule has 1 atom stereocenters. The van der Waals surface area contributed by atoms with Gasteiger partial charge < -0.3 is 0 Å². The average molecular weight is 192 g/mol. The normalized spacial score (nSPS) is 26.4. The van der Waals surface area contributed by atoms with Gasteiger partial charge in [0.05, 0.1) is 0 Å². The fraction of sp³-hybridized carbons (Fsp3) is 0.750. The van der Waals surface area contributed by atoms with E-state index in [1.54, 1.807) is 11.9 Å². The van der Waals surface area contributed by atoms with E-state index in [-0.39, 0.29) is 0 Å². The molecule has 0 aromatic rings. The van der Waals surface area contributed by atoms with Gasteiger partial charge in [-0.15, -0.1) is 0 Å². The molecule has 0 fully saturated rings. The van der Waals surface area contributed by atoms with Crippen LogP contribution in [0.4, 0.5) is 0 Å². The van der Waals surface area contributed by atoms with E-state index in [9.17, 15) is 0 Å². The minimum absolute atomic E-state index is 0.520. The summed E-state index contributed by atoms with van der Waals surface area (Å²) in [6.45, 7) is 4.46. The van der Waals surface area contributed by atoms with Crippen LogP contribution in [0.25, 0.3) is 0 Å². The van der Waals surface area contributed by atoms with Crippen LogP contribution in [0, 0.1) is 5.92 Å². The first-order valence-corrected chi connectivity index (χ1v) is 5.14. The molecule has 0 aromatic carbocycles. The molecule has 3 heteroatoms. The molecule has 0 aliphatic carbocycles. The van der Waals surface area contributed by atoms with Crippen molar-refractivity contribution in [3.8, 4) is 0 Å². The molecule has 1 unspecified atom stereocenters. The quantitative estimate of drug-likeness (QED) is 0.486. The molecule has 1 rings (SSSR count). The van der Waals surface area contributed by atoms with Crippen LogP contribution in [0.1, 0.15) is 26.7 Å². The second-order valence-corrected chi connectivity index (χ2v) is 4.71. The highest BCUT2D eigenvalue weighted by atomic mass is 35.5. The lowest BCUT2D eigenvalue weighted by Gasteiger charge is -2.26. The maximum Gasteiger partial charge on any atom is 0.0405 e. The largest absolute Gasteiger partial charge is 0.156 e. The molecule has 0 N–H and O–H groups in total. The molecular weight excluding hydrogens is 178 g/mol. The lowest BCUT2D eigenvalue weighted by atomic mass is 10.0. The third-order valence-corrected chi connectivity index (χ3v) is 3.03. The SMILES string of the molecule is CC(C)CC1CC=CSN1Cl. The molecule has 1 aliphatic rings. The molecule has 1 aliphatic heterocycles. The second kappa shape index (κ2) is 4.39. The van der Waals surface area contributed by atoms with Crippen molar-refractivity contribution in [3.05, 3.63) is 11.5 Å². The van der Waals surface area contributed by atoms with E-state index < -0.39 is 0 Å². The number of hydrogen-bond donors (Lipinski definition) is 0. The van der Waals surface area contributed by atoms with Crippen LogP contribution < -0.4 is 0 Å². The van der Waals surface area contributed by atoms with E-state index in [0.29, 0.717) is 6.04 Å². The maximum absolute atomic E-state index is 5.97. The third kappa shape index (κ3) is 3.06. The van der Waals surface area contributed by atoms with Gasteiger partial charge in [-0.2, -0.15) is 3.82 Å². The van der Waals surface area contributed by atoms with Crippen molar-refractivity contribution >= 4 is 23.7 Å². The van der Waals surface area contributed by atoms with Crippen LogP contribution >= 0.6 is 23.7 Å². The Hall–Kier alpha value is 0.340. The van der Waals surface area contributed by atoms with Gasteiger partial charge in [-0.3, -0.25) is 0 Å². The Balaban J connectivity index is 2.38. The van der Waals surface area contributed by atoms with Gasteiger partial charge in [0.25, 0.3) is 0 Å². The van der Waals surface area contributed by atoms with Crippen LogP contribution in [-0.2, 0) is 0 Å². The van der Waals surface area contributed by atoms with Gasteiger partial charge in [0, 0.05) is 6.04 Å². The van der Waals surface area contributed by atoms with E-state index in [1.807, 2.05) is 9.23 Å². The topological polar surface area (TPSA) is 3.24 Å². The first-order valence-electron chi connectivity index (χ1n) is 3.97. The molecule has 0 radical (unpaired) electrons. The van der Waals surface area contributed by atoms with Crippen LogP contribution in [0.2, 0.25) is 0 Å². The standard InChI is InChI=1S/C8H14ClNS/c1-7(2)6-8-4-3-5-11-10(8)9/h3,5,7-8H,4,6H2,1-2H3. The Morgan fingerprint density at radius 1 is 1.73 bits per heavy atom. The zero-order valence-corrected chi connectivity index (χ0v) is 8.53. The summed E-state index contributed by atoms with van der Waals surface area (Å²) in [6, 6.07) is 0.520. The third-order valence-electron chi connectivity index (χ3n) is 1.70. The minimum Gasteiger partial charge on any atom is -0.156 e. The van der Waals surface area contributed by atoms with Crippen LogP contribution in [0.5, 0.6) is 0 Å². The zero-order chi connectivity index (χ0) is 8.27. The summed E-state index contributed by atoms with van der Waals surface area (Å²) < 4.78 is 1.83. The molecular formula is C8H14ClNS. The monoisotopic (exact) mass is 191 g/mol. The summed E-state index contributed by atoms with van der Waals surface area (Å²) in [7, 11) is 0. The van der Waals surface area contributed by atoms with Crippen molar-refractivity contribution < 1.29 is 0 Å². The molecule has 0 saturated heterocycles. The summed E-state index contributed by atoms with van der Waals surface area (Å²) in [6.07, 6.45) is 4.46. The Bertz CT molecular complexity index is 147. The van der Waals surface area contributed by atoms with E-state index in [2.05, 4.69) is 19.9 Å². The van der Waals surface area contributed by atoms with Crippen molar-refractivity contribution in [1.29, 1.82) is 0 Å². The summed E-state index contributed by atoms with van der Waals surface area (Å²) >= 11 is 7.56. The number of halogens is 1. The van der Waals surface area contributed by atoms with E-state index in [0.717, 1.165) is 12.3 Å². The molecule has 1 nitrogen and oxygen atoms in total. The van der Waals surface area contributed by atoms with Gasteiger partial charge in [-0.05, 0) is 47.9 Å². The molecule has 64 valence electrons. The fourth-order valence-corrected chi connectivity index (χ4v) is 2.16. The lowest BCUT2D eigenvalue weighted by Crippen LogP contribution is -2.24. The smallest absolute Gasteiger partial charge is 0.0405 e. The Morgan fingerprint density at radius 3 is 3.00 bits per heavy atom. The van der Waals surface area contributed by atoms with Crippen molar-refractivity contribution in [2.24, 2.45) is 5.92 Å². The molecule has 0 spiro atoms. The van der Waals surface area contributed by atoms with Crippen molar-refractivity contribution in [2.75, 3.05) is 0 Å². The molecule has 0 saturated carbocycles. The van der Waals surface area contributed by atoms with Crippen LogP contribution in [-0.4, -0.2) is 9.87 Å². The number of rotatable bonds is 2. The van der Waals surface area contributed by atoms with Gasteiger partial charge in [-0.1, -0.05) is 19.9 Å². The molecule has 0 bridgehead atoms. The molecule has 1 heterocycles. The van der Waals surface area contributed by atoms with Crippen LogP contribution in [0.3, 0.4) is 0 Å². The Morgan fingerprint density at radius 2 is 2.45 bits per heavy atom. The molecule has 0 aromatic heterocycles. The first-order chi connectivity index (χ1) is 5.20. The second-order valence-electron chi connectivity index (χ2n) is 3.27. The van der Waals surface area contributed by atoms with Crippen molar-refractivity contribution in [2.45, 2.75) is 32.7 Å². The highest BCUT2D eigenvalue weighted by molar-refractivity contribution is 8.00. The Labute approximate surface area is 78.0 Å². The van der Waals surface area contributed by atoms with Gasteiger partial charge in [0.15, 0.2) is 0 Å². The highest BCUT2D eigenvalue weighted by Crippen LogP contribution is 2.29. The lowest BCUT2D eigenvalue weighted by molar-refractivity contribution is 0.402. The minimum atomic E-state index is 0.520. The summed E-state index contributed by atoms with van der Waals surface area (Å²) in [4.78, 5) is 0. The summed E-state index contributed by atoms with van der Waals surface area (Å²) in [5, 5.41) is 2.05. The van der Waals surface area contributed by atoms with Crippen molar-refractivity contribution in [3.63, 3.8) is 0 Å². The number of nitrogens with zero attached hydrogens (tertiary/aromatic N) is 1. The fourth-order valence-electron chi connectivity index (χ4n) is 1.21. The number of hydrogen-bond acceptors (Lipinski definition) is 2. The first kappa shape index (κ1) is 9.43.